The highest BCUT2D eigenvalue weighted by atomic mass is 16.4. The van der Waals surface area contributed by atoms with Crippen molar-refractivity contribution in [3.05, 3.63) is 71.8 Å². The fourth-order valence-electron chi connectivity index (χ4n) is 2.15. The quantitative estimate of drug-likeness (QED) is 0.752. The maximum atomic E-state index is 12.2. The third-order valence-corrected chi connectivity index (χ3v) is 3.37. The molecule has 1 amide bonds. The van der Waals surface area contributed by atoms with Gasteiger partial charge >= 0.3 is 5.97 Å². The van der Waals surface area contributed by atoms with Gasteiger partial charge in [0.05, 0.1) is 6.04 Å². The molecule has 0 aromatic heterocycles. The highest BCUT2D eigenvalue weighted by Crippen LogP contribution is 2.07. The number of rotatable bonds is 6. The molecule has 0 aliphatic rings. The van der Waals surface area contributed by atoms with Crippen molar-refractivity contribution in [1.29, 1.82) is 0 Å². The Bertz CT molecular complexity index is 629. The van der Waals surface area contributed by atoms with Gasteiger partial charge in [-0.25, -0.2) is 0 Å². The smallest absolute Gasteiger partial charge is 0.322 e. The van der Waals surface area contributed by atoms with Crippen molar-refractivity contribution in [2.75, 3.05) is 0 Å². The Hall–Kier alpha value is -2.66. The summed E-state index contributed by atoms with van der Waals surface area (Å²) in [7, 11) is 0. The summed E-state index contributed by atoms with van der Waals surface area (Å²) in [5, 5.41) is 11.9. The highest BCUT2D eigenvalue weighted by Gasteiger charge is 2.26. The van der Waals surface area contributed by atoms with Crippen LogP contribution in [0.2, 0.25) is 0 Å². The first kappa shape index (κ1) is 15.7. The fraction of sp³-hybridized carbons (Fsp3) is 0.176. The molecular weight excluding hydrogens is 280 g/mol. The molecule has 22 heavy (non-hydrogen) atoms. The second kappa shape index (κ2) is 7.38. The van der Waals surface area contributed by atoms with E-state index in [1.165, 1.54) is 0 Å². The van der Waals surface area contributed by atoms with E-state index in [1.807, 2.05) is 30.3 Å². The average Bonchev–Trinajstić information content (AvgIpc) is 2.55. The standard InChI is InChI=1S/C17H18N2O3/c18-15(17(21)22)14(11-12-7-3-1-4-8-12)19-16(20)13-9-5-2-6-10-13/h1-10,14-15H,11,18H2,(H,19,20)(H,21,22)/t14-,15?/m0/s1. The first-order valence-corrected chi connectivity index (χ1v) is 6.96. The number of carboxylic acids is 1. The van der Waals surface area contributed by atoms with E-state index in [0.717, 1.165) is 5.56 Å². The van der Waals surface area contributed by atoms with Gasteiger partial charge in [0, 0.05) is 5.56 Å². The van der Waals surface area contributed by atoms with Gasteiger partial charge in [0.2, 0.25) is 0 Å². The predicted molar refractivity (Wildman–Crippen MR) is 83.5 cm³/mol. The molecule has 2 atom stereocenters. The van der Waals surface area contributed by atoms with E-state index in [4.69, 9.17) is 10.8 Å². The molecule has 0 spiro atoms. The van der Waals surface area contributed by atoms with Crippen LogP contribution in [0, 0.1) is 0 Å². The molecule has 114 valence electrons. The number of carbonyl (C=O) groups excluding carboxylic acids is 1. The second-order valence-electron chi connectivity index (χ2n) is 5.00. The summed E-state index contributed by atoms with van der Waals surface area (Å²) in [6, 6.07) is 16.1. The van der Waals surface area contributed by atoms with E-state index >= 15 is 0 Å². The number of carbonyl (C=O) groups is 2. The summed E-state index contributed by atoms with van der Waals surface area (Å²) in [6.07, 6.45) is 0.354. The normalized spacial score (nSPS) is 13.1. The topological polar surface area (TPSA) is 92.4 Å². The molecule has 0 saturated carbocycles. The minimum atomic E-state index is -1.17. The molecule has 4 N–H and O–H groups in total. The first-order valence-electron chi connectivity index (χ1n) is 6.96. The molecule has 0 bridgehead atoms. The molecule has 0 saturated heterocycles. The van der Waals surface area contributed by atoms with Crippen LogP contribution in [0.15, 0.2) is 60.7 Å². The maximum absolute atomic E-state index is 12.2. The summed E-state index contributed by atoms with van der Waals surface area (Å²) in [5.74, 6) is -1.48. The highest BCUT2D eigenvalue weighted by molar-refractivity contribution is 5.94. The molecule has 2 aromatic rings. The monoisotopic (exact) mass is 298 g/mol. The Kier molecular flexibility index (Phi) is 5.27. The Balaban J connectivity index is 2.14. The minimum Gasteiger partial charge on any atom is -0.480 e. The van der Waals surface area contributed by atoms with Crippen LogP contribution in [-0.2, 0) is 11.2 Å². The maximum Gasteiger partial charge on any atom is 0.322 e. The summed E-state index contributed by atoms with van der Waals surface area (Å²) in [5.41, 5.74) is 7.11. The van der Waals surface area contributed by atoms with Crippen molar-refractivity contribution in [3.63, 3.8) is 0 Å². The second-order valence-corrected chi connectivity index (χ2v) is 5.00. The number of nitrogens with one attached hydrogen (secondary N) is 1. The lowest BCUT2D eigenvalue weighted by molar-refractivity contribution is -0.139. The van der Waals surface area contributed by atoms with Crippen LogP contribution in [0.4, 0.5) is 0 Å². The Labute approximate surface area is 128 Å². The molecule has 5 heteroatoms. The van der Waals surface area contributed by atoms with Crippen molar-refractivity contribution in [2.45, 2.75) is 18.5 Å². The lowest BCUT2D eigenvalue weighted by Gasteiger charge is -2.22. The van der Waals surface area contributed by atoms with Gasteiger partial charge in [-0.05, 0) is 24.1 Å². The van der Waals surface area contributed by atoms with E-state index in [1.54, 1.807) is 30.3 Å². The van der Waals surface area contributed by atoms with E-state index in [9.17, 15) is 9.59 Å². The van der Waals surface area contributed by atoms with Gasteiger partial charge in [-0.15, -0.1) is 0 Å². The summed E-state index contributed by atoms with van der Waals surface area (Å²) in [6.45, 7) is 0. The summed E-state index contributed by atoms with van der Waals surface area (Å²) >= 11 is 0. The van der Waals surface area contributed by atoms with E-state index in [0.29, 0.717) is 12.0 Å². The van der Waals surface area contributed by atoms with Gasteiger partial charge < -0.3 is 16.2 Å². The molecule has 0 heterocycles. The average molecular weight is 298 g/mol. The number of amides is 1. The van der Waals surface area contributed by atoms with Gasteiger partial charge in [-0.1, -0.05) is 48.5 Å². The minimum absolute atomic E-state index is 0.335. The van der Waals surface area contributed by atoms with Crippen molar-refractivity contribution >= 4 is 11.9 Å². The van der Waals surface area contributed by atoms with Crippen LogP contribution in [0.25, 0.3) is 0 Å². The Morgan fingerprint density at radius 3 is 2.09 bits per heavy atom. The zero-order valence-electron chi connectivity index (χ0n) is 12.0. The number of hydrogen-bond acceptors (Lipinski definition) is 3. The third-order valence-electron chi connectivity index (χ3n) is 3.37. The Morgan fingerprint density at radius 1 is 1.00 bits per heavy atom. The van der Waals surface area contributed by atoms with Crippen LogP contribution < -0.4 is 11.1 Å². The van der Waals surface area contributed by atoms with Crippen molar-refractivity contribution in [3.8, 4) is 0 Å². The zero-order chi connectivity index (χ0) is 15.9. The van der Waals surface area contributed by atoms with E-state index in [-0.39, 0.29) is 5.91 Å². The largest absolute Gasteiger partial charge is 0.480 e. The number of benzene rings is 2. The van der Waals surface area contributed by atoms with Crippen LogP contribution in [-0.4, -0.2) is 29.1 Å². The van der Waals surface area contributed by atoms with Gasteiger partial charge in [0.25, 0.3) is 5.91 Å². The van der Waals surface area contributed by atoms with Gasteiger partial charge in [0.1, 0.15) is 6.04 Å². The van der Waals surface area contributed by atoms with Gasteiger partial charge in [-0.3, -0.25) is 9.59 Å². The lowest BCUT2D eigenvalue weighted by atomic mass is 9.99. The molecular formula is C17H18N2O3. The lowest BCUT2D eigenvalue weighted by Crippen LogP contribution is -2.52. The number of nitrogens with two attached hydrogens (primary N) is 1. The van der Waals surface area contributed by atoms with Crippen LogP contribution in [0.5, 0.6) is 0 Å². The molecule has 0 fully saturated rings. The van der Waals surface area contributed by atoms with E-state index < -0.39 is 18.1 Å². The molecule has 0 aliphatic carbocycles. The van der Waals surface area contributed by atoms with Gasteiger partial charge in [-0.2, -0.15) is 0 Å². The van der Waals surface area contributed by atoms with Crippen LogP contribution >= 0.6 is 0 Å². The third kappa shape index (κ3) is 4.17. The van der Waals surface area contributed by atoms with Crippen LogP contribution in [0.1, 0.15) is 15.9 Å². The first-order chi connectivity index (χ1) is 10.6. The van der Waals surface area contributed by atoms with Crippen molar-refractivity contribution < 1.29 is 14.7 Å². The van der Waals surface area contributed by atoms with Gasteiger partial charge in [0.15, 0.2) is 0 Å². The summed E-state index contributed by atoms with van der Waals surface area (Å²) < 4.78 is 0. The zero-order valence-corrected chi connectivity index (χ0v) is 12.0. The molecule has 0 aliphatic heterocycles. The molecule has 2 aromatic carbocycles. The molecule has 2 rings (SSSR count). The van der Waals surface area contributed by atoms with Crippen molar-refractivity contribution in [2.24, 2.45) is 5.73 Å². The van der Waals surface area contributed by atoms with Crippen molar-refractivity contribution in [1.82, 2.24) is 5.32 Å². The Morgan fingerprint density at radius 2 is 1.55 bits per heavy atom. The number of hydrogen-bond donors (Lipinski definition) is 3. The SMILES string of the molecule is NC(C(=O)O)[C@H](Cc1ccccc1)NC(=O)c1ccccc1. The number of aliphatic carboxylic acids is 1. The predicted octanol–water partition coefficient (Wildman–Crippen LogP) is 1.44. The molecule has 1 unspecified atom stereocenters. The van der Waals surface area contributed by atoms with E-state index in [2.05, 4.69) is 5.32 Å². The fourth-order valence-corrected chi connectivity index (χ4v) is 2.15. The molecule has 5 nitrogen and oxygen atoms in total. The molecule has 0 radical (unpaired) electrons. The summed E-state index contributed by atoms with van der Waals surface area (Å²) in [4.78, 5) is 23.4. The van der Waals surface area contributed by atoms with Crippen LogP contribution in [0.3, 0.4) is 0 Å². The number of carboxylic acid groups (broad SMARTS) is 1.